The fourth-order valence-corrected chi connectivity index (χ4v) is 2.66. The molecule has 0 radical (unpaired) electrons. The summed E-state index contributed by atoms with van der Waals surface area (Å²) in [4.78, 5) is 26.0. The van der Waals surface area contributed by atoms with Crippen LogP contribution < -0.4 is 5.32 Å². The highest BCUT2D eigenvalue weighted by Crippen LogP contribution is 2.44. The van der Waals surface area contributed by atoms with E-state index in [1.807, 2.05) is 0 Å². The van der Waals surface area contributed by atoms with E-state index in [9.17, 15) is 14.9 Å². The average Bonchev–Trinajstić information content (AvgIpc) is 3.27. The van der Waals surface area contributed by atoms with E-state index >= 15 is 0 Å². The number of hydrogen-bond acceptors (Lipinski definition) is 4. The Balaban J connectivity index is 1.61. The highest BCUT2D eigenvalue weighted by Gasteiger charge is 2.42. The third kappa shape index (κ3) is 2.81. The number of carbonyl (C=O) groups is 1. The van der Waals surface area contributed by atoms with Crippen LogP contribution in [0.15, 0.2) is 6.20 Å². The van der Waals surface area contributed by atoms with Gasteiger partial charge in [0.1, 0.15) is 12.7 Å². The molecule has 0 spiro atoms. The summed E-state index contributed by atoms with van der Waals surface area (Å²) in [5, 5.41) is 13.8. The Morgan fingerprint density at radius 3 is 2.55 bits per heavy atom. The Labute approximate surface area is 116 Å². The van der Waals surface area contributed by atoms with Crippen molar-refractivity contribution in [2.75, 3.05) is 0 Å². The third-order valence-electron chi connectivity index (χ3n) is 4.05. The number of nitrogens with one attached hydrogen (secondary N) is 1. The molecule has 3 rings (SSSR count). The number of aryl methyl sites for hydroxylation is 1. The number of nitrogens with zero attached hydrogens (tertiary/aromatic N) is 3. The van der Waals surface area contributed by atoms with E-state index in [1.165, 1.54) is 36.4 Å². The summed E-state index contributed by atoms with van der Waals surface area (Å²) in [7, 11) is 0. The summed E-state index contributed by atoms with van der Waals surface area (Å²) in [6, 6.07) is 0.307. The molecule has 20 heavy (non-hydrogen) atoms. The number of aromatic nitrogens is 2. The molecule has 0 aromatic carbocycles. The third-order valence-corrected chi connectivity index (χ3v) is 4.05. The number of amides is 1. The van der Waals surface area contributed by atoms with Gasteiger partial charge >= 0.3 is 5.82 Å². The van der Waals surface area contributed by atoms with Crippen molar-refractivity contribution in [3.05, 3.63) is 22.1 Å². The minimum Gasteiger partial charge on any atom is -0.358 e. The van der Waals surface area contributed by atoms with Gasteiger partial charge in [-0.3, -0.25) is 9.36 Å². The van der Waals surface area contributed by atoms with Crippen LogP contribution in [0.3, 0.4) is 0 Å². The number of nitro groups is 1. The van der Waals surface area contributed by atoms with Crippen LogP contribution in [0.4, 0.5) is 5.82 Å². The van der Waals surface area contributed by atoms with Gasteiger partial charge in [-0.2, -0.15) is 0 Å². The van der Waals surface area contributed by atoms with Crippen LogP contribution in [0.2, 0.25) is 0 Å². The zero-order valence-corrected chi connectivity index (χ0v) is 11.4. The van der Waals surface area contributed by atoms with E-state index < -0.39 is 4.92 Å². The van der Waals surface area contributed by atoms with Gasteiger partial charge in [0.25, 0.3) is 0 Å². The SMILES string of the molecule is Cc1nc([N+](=O)[O-])cn1CC(=O)NC(C1CC1)C1CC1. The molecular formula is C13H18N4O3. The molecule has 1 aromatic rings. The van der Waals surface area contributed by atoms with Gasteiger partial charge in [0.05, 0.1) is 0 Å². The monoisotopic (exact) mass is 278 g/mol. The lowest BCUT2D eigenvalue weighted by Crippen LogP contribution is -2.39. The van der Waals surface area contributed by atoms with Crippen LogP contribution in [0.5, 0.6) is 0 Å². The van der Waals surface area contributed by atoms with E-state index in [2.05, 4.69) is 10.3 Å². The second kappa shape index (κ2) is 4.88. The molecule has 0 atom stereocenters. The molecule has 0 unspecified atom stereocenters. The zero-order chi connectivity index (χ0) is 14.3. The quantitative estimate of drug-likeness (QED) is 0.629. The first-order valence-electron chi connectivity index (χ1n) is 7.02. The molecule has 2 saturated carbocycles. The summed E-state index contributed by atoms with van der Waals surface area (Å²) < 4.78 is 1.53. The summed E-state index contributed by atoms with van der Waals surface area (Å²) in [6.45, 7) is 1.77. The molecule has 1 aromatic heterocycles. The van der Waals surface area contributed by atoms with Crippen molar-refractivity contribution in [2.45, 2.75) is 45.2 Å². The number of hydrogen-bond donors (Lipinski definition) is 1. The normalized spacial score (nSPS) is 18.3. The lowest BCUT2D eigenvalue weighted by atomic mass is 10.1. The van der Waals surface area contributed by atoms with Crippen molar-refractivity contribution in [2.24, 2.45) is 11.8 Å². The fourth-order valence-electron chi connectivity index (χ4n) is 2.66. The molecular weight excluding hydrogens is 260 g/mol. The lowest BCUT2D eigenvalue weighted by Gasteiger charge is -2.17. The molecule has 0 saturated heterocycles. The first kappa shape index (κ1) is 13.1. The minimum atomic E-state index is -0.543. The second-order valence-electron chi connectivity index (χ2n) is 5.80. The van der Waals surface area contributed by atoms with Crippen molar-refractivity contribution in [3.8, 4) is 0 Å². The second-order valence-corrected chi connectivity index (χ2v) is 5.80. The Morgan fingerprint density at radius 1 is 1.50 bits per heavy atom. The maximum atomic E-state index is 12.1. The Kier molecular flexibility index (Phi) is 3.19. The smallest absolute Gasteiger partial charge is 0.358 e. The summed E-state index contributed by atoms with van der Waals surface area (Å²) in [5.74, 6) is 1.48. The topological polar surface area (TPSA) is 90.1 Å². The number of carbonyl (C=O) groups excluding carboxylic acids is 1. The maximum Gasteiger partial charge on any atom is 0.381 e. The van der Waals surface area contributed by atoms with E-state index in [0.29, 0.717) is 23.7 Å². The highest BCUT2D eigenvalue weighted by molar-refractivity contribution is 5.76. The van der Waals surface area contributed by atoms with Gasteiger partial charge in [0.2, 0.25) is 11.7 Å². The van der Waals surface area contributed by atoms with Crippen molar-refractivity contribution in [1.82, 2.24) is 14.9 Å². The van der Waals surface area contributed by atoms with Gasteiger partial charge in [-0.15, -0.1) is 0 Å². The van der Waals surface area contributed by atoms with E-state index in [-0.39, 0.29) is 18.3 Å². The van der Waals surface area contributed by atoms with Crippen molar-refractivity contribution >= 4 is 11.7 Å². The van der Waals surface area contributed by atoms with Gasteiger partial charge in [-0.1, -0.05) is 0 Å². The van der Waals surface area contributed by atoms with Crippen LogP contribution in [0.25, 0.3) is 0 Å². The molecule has 7 heteroatoms. The van der Waals surface area contributed by atoms with E-state index in [4.69, 9.17) is 0 Å². The van der Waals surface area contributed by atoms with Gasteiger partial charge < -0.3 is 15.4 Å². The molecule has 0 aliphatic heterocycles. The van der Waals surface area contributed by atoms with E-state index in [1.54, 1.807) is 6.92 Å². The summed E-state index contributed by atoms with van der Waals surface area (Å²) in [6.07, 6.45) is 6.14. The van der Waals surface area contributed by atoms with Crippen LogP contribution in [0, 0.1) is 28.9 Å². The molecule has 0 bridgehead atoms. The maximum absolute atomic E-state index is 12.1. The molecule has 2 aliphatic carbocycles. The molecule has 1 amide bonds. The van der Waals surface area contributed by atoms with Crippen molar-refractivity contribution in [3.63, 3.8) is 0 Å². The molecule has 1 N–H and O–H groups in total. The van der Waals surface area contributed by atoms with Crippen LogP contribution in [0.1, 0.15) is 31.5 Å². The van der Waals surface area contributed by atoms with Gasteiger partial charge in [-0.05, 0) is 47.4 Å². The van der Waals surface area contributed by atoms with Gasteiger partial charge in [0, 0.05) is 13.0 Å². The number of imidazole rings is 1. The predicted molar refractivity (Wildman–Crippen MR) is 71.0 cm³/mol. The average molecular weight is 278 g/mol. The fraction of sp³-hybridized carbons (Fsp3) is 0.692. The van der Waals surface area contributed by atoms with Crippen LogP contribution >= 0.6 is 0 Å². The minimum absolute atomic E-state index is 0.0794. The van der Waals surface area contributed by atoms with Crippen molar-refractivity contribution < 1.29 is 9.72 Å². The molecule has 2 fully saturated rings. The Bertz CT molecular complexity index is 534. The summed E-state index contributed by atoms with van der Waals surface area (Å²) >= 11 is 0. The molecule has 2 aliphatic rings. The Hall–Kier alpha value is -1.92. The first-order chi connectivity index (χ1) is 9.54. The van der Waals surface area contributed by atoms with Gasteiger partial charge in [0.15, 0.2) is 0 Å². The van der Waals surface area contributed by atoms with Crippen LogP contribution in [-0.2, 0) is 11.3 Å². The van der Waals surface area contributed by atoms with Crippen LogP contribution in [-0.4, -0.2) is 26.4 Å². The standard InChI is InChI=1S/C13H18N4O3/c1-8-14-11(17(19)20)6-16(8)7-12(18)15-13(9-2-3-9)10-4-5-10/h6,9-10,13H,2-5,7H2,1H3,(H,15,18). The molecule has 1 heterocycles. The van der Waals surface area contributed by atoms with E-state index in [0.717, 1.165) is 0 Å². The predicted octanol–water partition coefficient (Wildman–Crippen LogP) is 1.40. The van der Waals surface area contributed by atoms with Crippen molar-refractivity contribution in [1.29, 1.82) is 0 Å². The first-order valence-corrected chi connectivity index (χ1v) is 7.02. The highest BCUT2D eigenvalue weighted by atomic mass is 16.6. The lowest BCUT2D eigenvalue weighted by molar-refractivity contribution is -0.389. The van der Waals surface area contributed by atoms with Gasteiger partial charge in [-0.25, -0.2) is 0 Å². The molecule has 7 nitrogen and oxygen atoms in total. The zero-order valence-electron chi connectivity index (χ0n) is 11.4. The largest absolute Gasteiger partial charge is 0.381 e. The Morgan fingerprint density at radius 2 is 2.10 bits per heavy atom. The number of rotatable bonds is 6. The summed E-state index contributed by atoms with van der Waals surface area (Å²) in [5.41, 5.74) is 0. The molecule has 108 valence electrons.